The standard InChI is InChI=1S/C18H26O3/c1-13-4-3-11-18(12-13,20-2)17(19)14-5-7-15(8-6-14)21-16-9-10-16/h5-8,13,16-17,19H,3-4,9-12H2,1-2H3. The molecule has 2 saturated carbocycles. The summed E-state index contributed by atoms with van der Waals surface area (Å²) in [6, 6.07) is 7.88. The zero-order valence-corrected chi connectivity index (χ0v) is 13.0. The summed E-state index contributed by atoms with van der Waals surface area (Å²) in [6.45, 7) is 2.24. The van der Waals surface area contributed by atoms with Crippen LogP contribution >= 0.6 is 0 Å². The molecule has 0 amide bonds. The molecule has 0 saturated heterocycles. The lowest BCUT2D eigenvalue weighted by Gasteiger charge is -2.42. The third-order valence-electron chi connectivity index (χ3n) is 4.92. The summed E-state index contributed by atoms with van der Waals surface area (Å²) in [6.07, 6.45) is 6.36. The van der Waals surface area contributed by atoms with Crippen molar-refractivity contribution in [2.24, 2.45) is 5.92 Å². The Bertz CT molecular complexity index is 466. The third-order valence-corrected chi connectivity index (χ3v) is 4.92. The van der Waals surface area contributed by atoms with E-state index in [1.807, 2.05) is 24.3 Å². The van der Waals surface area contributed by atoms with Crippen molar-refractivity contribution in [1.29, 1.82) is 0 Å². The van der Waals surface area contributed by atoms with E-state index in [1.165, 1.54) is 6.42 Å². The molecular weight excluding hydrogens is 264 g/mol. The zero-order valence-electron chi connectivity index (χ0n) is 13.0. The van der Waals surface area contributed by atoms with E-state index in [1.54, 1.807) is 7.11 Å². The van der Waals surface area contributed by atoms with E-state index in [9.17, 15) is 5.11 Å². The van der Waals surface area contributed by atoms with Crippen LogP contribution in [0.15, 0.2) is 24.3 Å². The number of methoxy groups -OCH3 is 1. The van der Waals surface area contributed by atoms with Crippen molar-refractivity contribution in [2.75, 3.05) is 7.11 Å². The summed E-state index contributed by atoms with van der Waals surface area (Å²) in [5.74, 6) is 1.50. The van der Waals surface area contributed by atoms with Crippen molar-refractivity contribution in [3.63, 3.8) is 0 Å². The lowest BCUT2D eigenvalue weighted by atomic mass is 9.74. The molecule has 3 nitrogen and oxygen atoms in total. The fourth-order valence-electron chi connectivity index (χ4n) is 3.50. The van der Waals surface area contributed by atoms with Gasteiger partial charge in [0.15, 0.2) is 0 Å². The Labute approximate surface area is 127 Å². The molecule has 21 heavy (non-hydrogen) atoms. The van der Waals surface area contributed by atoms with Crippen LogP contribution in [0.2, 0.25) is 0 Å². The maximum Gasteiger partial charge on any atom is 0.119 e. The van der Waals surface area contributed by atoms with Crippen LogP contribution in [0.5, 0.6) is 5.75 Å². The first-order chi connectivity index (χ1) is 10.1. The van der Waals surface area contributed by atoms with Crippen molar-refractivity contribution in [3.05, 3.63) is 29.8 Å². The smallest absolute Gasteiger partial charge is 0.119 e. The highest BCUT2D eigenvalue weighted by Gasteiger charge is 2.42. The summed E-state index contributed by atoms with van der Waals surface area (Å²) >= 11 is 0. The second-order valence-corrected chi connectivity index (χ2v) is 6.76. The Hall–Kier alpha value is -1.06. The Morgan fingerprint density at radius 1 is 1.19 bits per heavy atom. The van der Waals surface area contributed by atoms with Gasteiger partial charge in [0.2, 0.25) is 0 Å². The van der Waals surface area contributed by atoms with Gasteiger partial charge in [0.25, 0.3) is 0 Å². The molecule has 2 aliphatic rings. The maximum absolute atomic E-state index is 10.8. The summed E-state index contributed by atoms with van der Waals surface area (Å²) in [4.78, 5) is 0. The van der Waals surface area contributed by atoms with Gasteiger partial charge < -0.3 is 14.6 Å². The average Bonchev–Trinajstić information content (AvgIpc) is 3.31. The molecule has 116 valence electrons. The second-order valence-electron chi connectivity index (χ2n) is 6.76. The first-order valence-electron chi connectivity index (χ1n) is 8.13. The number of benzene rings is 1. The highest BCUT2D eigenvalue weighted by atomic mass is 16.5. The van der Waals surface area contributed by atoms with Gasteiger partial charge in [-0.25, -0.2) is 0 Å². The fraction of sp³-hybridized carbons (Fsp3) is 0.667. The fourth-order valence-corrected chi connectivity index (χ4v) is 3.50. The van der Waals surface area contributed by atoms with Crippen molar-refractivity contribution in [2.45, 2.75) is 63.3 Å². The predicted octanol–water partition coefficient (Wildman–Crippen LogP) is 3.86. The van der Waals surface area contributed by atoms with Crippen LogP contribution in [-0.2, 0) is 4.74 Å². The Balaban J connectivity index is 1.74. The second kappa shape index (κ2) is 5.98. The maximum atomic E-state index is 10.8. The Morgan fingerprint density at radius 2 is 1.90 bits per heavy atom. The quantitative estimate of drug-likeness (QED) is 0.895. The molecule has 0 heterocycles. The normalized spacial score (nSPS) is 30.9. The molecule has 3 heteroatoms. The van der Waals surface area contributed by atoms with Gasteiger partial charge in [-0.05, 0) is 49.3 Å². The molecule has 1 aromatic carbocycles. The summed E-state index contributed by atoms with van der Waals surface area (Å²) < 4.78 is 11.6. The molecule has 3 rings (SSSR count). The van der Waals surface area contributed by atoms with E-state index < -0.39 is 11.7 Å². The molecule has 0 aromatic heterocycles. The van der Waals surface area contributed by atoms with Gasteiger partial charge in [-0.2, -0.15) is 0 Å². The topological polar surface area (TPSA) is 38.7 Å². The first kappa shape index (κ1) is 14.9. The van der Waals surface area contributed by atoms with E-state index in [0.29, 0.717) is 12.0 Å². The summed E-state index contributed by atoms with van der Waals surface area (Å²) in [5, 5.41) is 10.8. The van der Waals surface area contributed by atoms with Gasteiger partial charge in [0.05, 0.1) is 11.7 Å². The van der Waals surface area contributed by atoms with Crippen molar-refractivity contribution in [1.82, 2.24) is 0 Å². The molecule has 0 spiro atoms. The van der Waals surface area contributed by atoms with Crippen molar-refractivity contribution < 1.29 is 14.6 Å². The van der Waals surface area contributed by atoms with Gasteiger partial charge >= 0.3 is 0 Å². The van der Waals surface area contributed by atoms with Gasteiger partial charge in [-0.15, -0.1) is 0 Å². The van der Waals surface area contributed by atoms with E-state index in [0.717, 1.165) is 43.4 Å². The Kier molecular flexibility index (Phi) is 4.23. The molecule has 2 aliphatic carbocycles. The highest BCUT2D eigenvalue weighted by molar-refractivity contribution is 5.30. The summed E-state index contributed by atoms with van der Waals surface area (Å²) in [7, 11) is 1.73. The Morgan fingerprint density at radius 3 is 2.48 bits per heavy atom. The van der Waals surface area contributed by atoms with E-state index in [2.05, 4.69) is 6.92 Å². The monoisotopic (exact) mass is 290 g/mol. The number of aliphatic hydroxyl groups is 1. The number of hydrogen-bond acceptors (Lipinski definition) is 3. The third kappa shape index (κ3) is 3.24. The van der Waals surface area contributed by atoms with Crippen LogP contribution in [-0.4, -0.2) is 23.9 Å². The van der Waals surface area contributed by atoms with Gasteiger partial charge in [-0.1, -0.05) is 31.9 Å². The molecule has 1 aromatic rings. The number of ether oxygens (including phenoxy) is 2. The van der Waals surface area contributed by atoms with Crippen LogP contribution in [0, 0.1) is 5.92 Å². The van der Waals surface area contributed by atoms with Crippen LogP contribution in [0.4, 0.5) is 0 Å². The minimum Gasteiger partial charge on any atom is -0.490 e. The minimum absolute atomic E-state index is 0.408. The molecule has 2 fully saturated rings. The zero-order chi connectivity index (χ0) is 14.9. The van der Waals surface area contributed by atoms with Gasteiger partial charge in [-0.3, -0.25) is 0 Å². The van der Waals surface area contributed by atoms with Crippen LogP contribution in [0.3, 0.4) is 0 Å². The van der Waals surface area contributed by atoms with Crippen LogP contribution in [0.1, 0.15) is 57.1 Å². The highest BCUT2D eigenvalue weighted by Crippen LogP contribution is 2.43. The molecule has 3 unspecified atom stereocenters. The van der Waals surface area contributed by atoms with E-state index in [4.69, 9.17) is 9.47 Å². The largest absolute Gasteiger partial charge is 0.490 e. The van der Waals surface area contributed by atoms with Crippen LogP contribution < -0.4 is 4.74 Å². The van der Waals surface area contributed by atoms with Gasteiger partial charge in [0, 0.05) is 7.11 Å². The van der Waals surface area contributed by atoms with Crippen molar-refractivity contribution >= 4 is 0 Å². The predicted molar refractivity (Wildman–Crippen MR) is 82.4 cm³/mol. The molecule has 3 atom stereocenters. The molecule has 0 radical (unpaired) electrons. The average molecular weight is 290 g/mol. The lowest BCUT2D eigenvalue weighted by molar-refractivity contribution is -0.134. The molecule has 1 N–H and O–H groups in total. The van der Waals surface area contributed by atoms with Crippen molar-refractivity contribution in [3.8, 4) is 5.75 Å². The number of rotatable bonds is 5. The van der Waals surface area contributed by atoms with E-state index in [-0.39, 0.29) is 0 Å². The van der Waals surface area contributed by atoms with Crippen LogP contribution in [0.25, 0.3) is 0 Å². The number of aliphatic hydroxyl groups excluding tert-OH is 1. The summed E-state index contributed by atoms with van der Waals surface area (Å²) in [5.41, 5.74) is 0.491. The van der Waals surface area contributed by atoms with Gasteiger partial charge in [0.1, 0.15) is 11.9 Å². The lowest BCUT2D eigenvalue weighted by Crippen LogP contribution is -2.42. The molecule has 0 bridgehead atoms. The number of hydrogen-bond donors (Lipinski definition) is 1. The SMILES string of the molecule is COC1(C(O)c2ccc(OC3CC3)cc2)CCCC(C)C1. The van der Waals surface area contributed by atoms with E-state index >= 15 is 0 Å². The molecular formula is C18H26O3. The molecule has 0 aliphatic heterocycles. The first-order valence-corrected chi connectivity index (χ1v) is 8.13. The minimum atomic E-state index is -0.569.